The molecule has 0 aliphatic heterocycles. The van der Waals surface area contributed by atoms with Crippen molar-refractivity contribution in [3.05, 3.63) is 0 Å². The molecule has 0 saturated heterocycles. The van der Waals surface area contributed by atoms with Gasteiger partial charge in [0.15, 0.2) is 0 Å². The van der Waals surface area contributed by atoms with Crippen molar-refractivity contribution in [3.8, 4) is 0 Å². The summed E-state index contributed by atoms with van der Waals surface area (Å²) in [5.74, 6) is 0.724. The quantitative estimate of drug-likeness (QED) is 0.461. The van der Waals surface area contributed by atoms with E-state index in [2.05, 4.69) is 20.8 Å². The molecule has 0 bridgehead atoms. The fraction of sp³-hybridized carbons (Fsp3) is 1.00. The van der Waals surface area contributed by atoms with Gasteiger partial charge < -0.3 is 0 Å². The highest BCUT2D eigenvalue weighted by atomic mass is 35.5. The summed E-state index contributed by atoms with van der Waals surface area (Å²) in [7, 11) is 0. The van der Waals surface area contributed by atoms with Crippen LogP contribution in [0.15, 0.2) is 0 Å². The van der Waals surface area contributed by atoms with Gasteiger partial charge in [-0.25, -0.2) is 0 Å². The van der Waals surface area contributed by atoms with E-state index >= 15 is 0 Å². The normalized spacial score (nSPS) is 41.3. The predicted octanol–water partition coefficient (Wildman–Crippen LogP) is 3.05. The maximum atomic E-state index is 6.05. The summed E-state index contributed by atoms with van der Waals surface area (Å²) in [6.45, 7) is 6.84. The molecule has 0 amide bonds. The van der Waals surface area contributed by atoms with Crippen LogP contribution in [0.4, 0.5) is 0 Å². The fourth-order valence-electron chi connectivity index (χ4n) is 1.81. The SMILES string of the molecule is CC1CC(C)(C)CC1Cl. The molecule has 1 rings (SSSR count). The third-order valence-electron chi connectivity index (χ3n) is 2.24. The van der Waals surface area contributed by atoms with Gasteiger partial charge in [-0.2, -0.15) is 0 Å². The maximum absolute atomic E-state index is 6.05. The second-order valence-electron chi connectivity index (χ2n) is 4.07. The van der Waals surface area contributed by atoms with Crippen LogP contribution in [0, 0.1) is 11.3 Å². The third-order valence-corrected chi connectivity index (χ3v) is 2.82. The minimum Gasteiger partial charge on any atom is -0.123 e. The van der Waals surface area contributed by atoms with Gasteiger partial charge in [-0.05, 0) is 24.2 Å². The molecule has 1 saturated carbocycles. The van der Waals surface area contributed by atoms with Crippen LogP contribution in [-0.4, -0.2) is 5.38 Å². The Bertz CT molecular complexity index is 95.1. The summed E-state index contributed by atoms with van der Waals surface area (Å²) in [6, 6.07) is 0. The molecule has 0 nitrogen and oxygen atoms in total. The van der Waals surface area contributed by atoms with Crippen LogP contribution in [-0.2, 0) is 0 Å². The number of halogens is 1. The standard InChI is InChI=1S/C8H15Cl/c1-6-4-8(2,3)5-7(6)9/h6-7H,4-5H2,1-3H3. The van der Waals surface area contributed by atoms with Gasteiger partial charge in [-0.1, -0.05) is 20.8 Å². The van der Waals surface area contributed by atoms with Gasteiger partial charge in [0, 0.05) is 5.38 Å². The Morgan fingerprint density at radius 1 is 1.33 bits per heavy atom. The Hall–Kier alpha value is 0.290. The first kappa shape index (κ1) is 7.40. The Kier molecular flexibility index (Phi) is 1.77. The van der Waals surface area contributed by atoms with Gasteiger partial charge >= 0.3 is 0 Å². The molecule has 0 heterocycles. The van der Waals surface area contributed by atoms with E-state index in [1.54, 1.807) is 0 Å². The van der Waals surface area contributed by atoms with Crippen molar-refractivity contribution in [2.75, 3.05) is 0 Å². The van der Waals surface area contributed by atoms with Crippen LogP contribution in [0.25, 0.3) is 0 Å². The van der Waals surface area contributed by atoms with E-state index in [4.69, 9.17) is 11.6 Å². The maximum Gasteiger partial charge on any atom is 0.0366 e. The van der Waals surface area contributed by atoms with Crippen LogP contribution in [0.1, 0.15) is 33.6 Å². The van der Waals surface area contributed by atoms with E-state index in [1.807, 2.05) is 0 Å². The molecule has 1 heteroatoms. The molecule has 0 aromatic heterocycles. The largest absolute Gasteiger partial charge is 0.123 e. The number of rotatable bonds is 0. The summed E-state index contributed by atoms with van der Waals surface area (Å²) in [4.78, 5) is 0. The molecule has 0 N–H and O–H groups in total. The molecule has 2 atom stereocenters. The van der Waals surface area contributed by atoms with Crippen molar-refractivity contribution in [1.29, 1.82) is 0 Å². The van der Waals surface area contributed by atoms with Gasteiger partial charge in [-0.15, -0.1) is 11.6 Å². The first-order valence-electron chi connectivity index (χ1n) is 3.65. The molecule has 0 spiro atoms. The van der Waals surface area contributed by atoms with E-state index in [-0.39, 0.29) is 0 Å². The first-order valence-corrected chi connectivity index (χ1v) is 4.09. The highest BCUT2D eigenvalue weighted by molar-refractivity contribution is 6.21. The summed E-state index contributed by atoms with van der Waals surface area (Å²) >= 11 is 6.05. The second-order valence-corrected chi connectivity index (χ2v) is 4.63. The minimum absolute atomic E-state index is 0.431. The predicted molar refractivity (Wildman–Crippen MR) is 41.8 cm³/mol. The molecule has 9 heavy (non-hydrogen) atoms. The summed E-state index contributed by atoms with van der Waals surface area (Å²) < 4.78 is 0. The van der Waals surface area contributed by atoms with Gasteiger partial charge in [0.05, 0.1) is 0 Å². The fourth-order valence-corrected chi connectivity index (χ4v) is 2.32. The van der Waals surface area contributed by atoms with E-state index in [0.29, 0.717) is 10.8 Å². The molecular formula is C8H15Cl. The van der Waals surface area contributed by atoms with Crippen LogP contribution in [0.2, 0.25) is 0 Å². The highest BCUT2D eigenvalue weighted by Crippen LogP contribution is 2.43. The summed E-state index contributed by atoms with van der Waals surface area (Å²) in [5, 5.41) is 0.431. The van der Waals surface area contributed by atoms with Crippen molar-refractivity contribution < 1.29 is 0 Å². The van der Waals surface area contributed by atoms with E-state index in [0.717, 1.165) is 5.92 Å². The Morgan fingerprint density at radius 3 is 2.00 bits per heavy atom. The summed E-state index contributed by atoms with van der Waals surface area (Å²) in [5.41, 5.74) is 0.506. The second kappa shape index (κ2) is 2.16. The Morgan fingerprint density at radius 2 is 1.89 bits per heavy atom. The lowest BCUT2D eigenvalue weighted by Gasteiger charge is -2.15. The lowest BCUT2D eigenvalue weighted by molar-refractivity contribution is 0.367. The van der Waals surface area contributed by atoms with Crippen LogP contribution < -0.4 is 0 Å². The monoisotopic (exact) mass is 146 g/mol. The van der Waals surface area contributed by atoms with Crippen molar-refractivity contribution in [2.45, 2.75) is 39.0 Å². The highest BCUT2D eigenvalue weighted by Gasteiger charge is 2.35. The Balaban J connectivity index is 2.54. The van der Waals surface area contributed by atoms with Crippen molar-refractivity contribution in [2.24, 2.45) is 11.3 Å². The molecule has 1 aliphatic rings. The van der Waals surface area contributed by atoms with Crippen molar-refractivity contribution >= 4 is 11.6 Å². The molecule has 0 aromatic carbocycles. The number of hydrogen-bond acceptors (Lipinski definition) is 0. The van der Waals surface area contributed by atoms with Gasteiger partial charge in [0.25, 0.3) is 0 Å². The molecule has 1 aliphatic carbocycles. The van der Waals surface area contributed by atoms with Gasteiger partial charge in [0.2, 0.25) is 0 Å². The zero-order chi connectivity index (χ0) is 7.07. The average molecular weight is 147 g/mol. The number of alkyl halides is 1. The number of hydrogen-bond donors (Lipinski definition) is 0. The lowest BCUT2D eigenvalue weighted by Crippen LogP contribution is -2.04. The van der Waals surface area contributed by atoms with Gasteiger partial charge in [-0.3, -0.25) is 0 Å². The first-order chi connectivity index (χ1) is 4.01. The van der Waals surface area contributed by atoms with E-state index < -0.39 is 0 Å². The zero-order valence-electron chi connectivity index (χ0n) is 6.45. The van der Waals surface area contributed by atoms with Gasteiger partial charge in [0.1, 0.15) is 0 Å². The lowest BCUT2D eigenvalue weighted by atomic mass is 9.91. The van der Waals surface area contributed by atoms with Crippen LogP contribution in [0.5, 0.6) is 0 Å². The molecule has 0 aromatic rings. The topological polar surface area (TPSA) is 0 Å². The molecule has 54 valence electrons. The zero-order valence-corrected chi connectivity index (χ0v) is 7.20. The summed E-state index contributed by atoms with van der Waals surface area (Å²) in [6.07, 6.45) is 2.48. The smallest absolute Gasteiger partial charge is 0.0366 e. The minimum atomic E-state index is 0.431. The molecule has 2 unspecified atom stereocenters. The van der Waals surface area contributed by atoms with Crippen molar-refractivity contribution in [1.82, 2.24) is 0 Å². The average Bonchev–Trinajstić information content (AvgIpc) is 1.79. The molecular weight excluding hydrogens is 132 g/mol. The third kappa shape index (κ3) is 1.61. The van der Waals surface area contributed by atoms with E-state index in [1.165, 1.54) is 12.8 Å². The van der Waals surface area contributed by atoms with E-state index in [9.17, 15) is 0 Å². The van der Waals surface area contributed by atoms with Crippen LogP contribution >= 0.6 is 11.6 Å². The Labute approximate surface area is 62.6 Å². The van der Waals surface area contributed by atoms with Crippen molar-refractivity contribution in [3.63, 3.8) is 0 Å². The van der Waals surface area contributed by atoms with Crippen LogP contribution in [0.3, 0.4) is 0 Å². The molecule has 0 radical (unpaired) electrons. The molecule has 1 fully saturated rings.